The summed E-state index contributed by atoms with van der Waals surface area (Å²) in [6.07, 6.45) is 4.01. The molecule has 0 spiro atoms. The number of Topliss-reactive ketones (excluding diaryl/α,β-unsaturated/α-hetero) is 1. The van der Waals surface area contributed by atoms with Crippen LogP contribution in [0, 0.1) is 0 Å². The lowest BCUT2D eigenvalue weighted by Crippen LogP contribution is -2.54. The number of aromatic nitrogens is 1. The zero-order valence-electron chi connectivity index (χ0n) is 10.8. The summed E-state index contributed by atoms with van der Waals surface area (Å²) < 4.78 is 0. The van der Waals surface area contributed by atoms with E-state index in [4.69, 9.17) is 0 Å². The Kier molecular flexibility index (Phi) is 3.35. The Morgan fingerprint density at radius 3 is 3.06 bits per heavy atom. The molecule has 3 rings (SSSR count). The number of piperidine rings is 1. The molecule has 4 nitrogen and oxygen atoms in total. The van der Waals surface area contributed by atoms with Crippen LogP contribution in [0.5, 0.6) is 0 Å². The minimum Gasteiger partial charge on any atom is -0.345 e. The van der Waals surface area contributed by atoms with Gasteiger partial charge in [-0.05, 0) is 19.4 Å². The van der Waals surface area contributed by atoms with Crippen LogP contribution in [0.2, 0.25) is 0 Å². The van der Waals surface area contributed by atoms with E-state index in [1.54, 1.807) is 18.3 Å². The minimum absolute atomic E-state index is 0.0637. The second-order valence-corrected chi connectivity index (χ2v) is 6.04. The summed E-state index contributed by atoms with van der Waals surface area (Å²) in [6, 6.07) is 0.692. The van der Waals surface area contributed by atoms with Gasteiger partial charge >= 0.3 is 0 Å². The van der Waals surface area contributed by atoms with Crippen molar-refractivity contribution in [2.75, 3.05) is 31.1 Å². The average molecular weight is 265 g/mol. The van der Waals surface area contributed by atoms with Crippen molar-refractivity contribution in [2.45, 2.75) is 32.2 Å². The van der Waals surface area contributed by atoms with Crippen molar-refractivity contribution in [1.82, 2.24) is 9.88 Å². The second kappa shape index (κ2) is 4.97. The van der Waals surface area contributed by atoms with Crippen LogP contribution < -0.4 is 4.90 Å². The van der Waals surface area contributed by atoms with E-state index in [1.807, 2.05) is 5.38 Å². The fourth-order valence-corrected chi connectivity index (χ4v) is 3.80. The van der Waals surface area contributed by atoms with Gasteiger partial charge in [0.1, 0.15) is 5.69 Å². The standard InChI is InChI=1S/C13H19N3OS/c1-10(17)12-9-18-13(14-12)16-7-6-15-5-3-2-4-11(15)8-16/h9,11H,2-8H2,1H3. The van der Waals surface area contributed by atoms with Crippen LogP contribution in [0.25, 0.3) is 0 Å². The van der Waals surface area contributed by atoms with Gasteiger partial charge in [-0.2, -0.15) is 0 Å². The molecule has 0 aromatic carbocycles. The summed E-state index contributed by atoms with van der Waals surface area (Å²) in [5.74, 6) is 0.0637. The van der Waals surface area contributed by atoms with E-state index < -0.39 is 0 Å². The van der Waals surface area contributed by atoms with Crippen LogP contribution in [-0.4, -0.2) is 47.9 Å². The van der Waals surface area contributed by atoms with E-state index >= 15 is 0 Å². The van der Waals surface area contributed by atoms with Gasteiger partial charge in [0, 0.05) is 38.0 Å². The summed E-state index contributed by atoms with van der Waals surface area (Å²) in [4.78, 5) is 20.7. The molecule has 98 valence electrons. The quantitative estimate of drug-likeness (QED) is 0.767. The predicted molar refractivity (Wildman–Crippen MR) is 73.5 cm³/mol. The largest absolute Gasteiger partial charge is 0.345 e. The monoisotopic (exact) mass is 265 g/mol. The first-order valence-electron chi connectivity index (χ1n) is 6.69. The van der Waals surface area contributed by atoms with Crippen LogP contribution in [0.4, 0.5) is 5.13 Å². The molecule has 2 aliphatic rings. The number of ketones is 1. The lowest BCUT2D eigenvalue weighted by atomic mass is 10.00. The van der Waals surface area contributed by atoms with Gasteiger partial charge in [-0.15, -0.1) is 11.3 Å². The number of rotatable bonds is 2. The Labute approximate surface area is 112 Å². The first-order chi connectivity index (χ1) is 8.74. The molecule has 1 aromatic rings. The Morgan fingerprint density at radius 2 is 2.28 bits per heavy atom. The molecule has 1 atom stereocenters. The molecule has 5 heteroatoms. The van der Waals surface area contributed by atoms with E-state index in [1.165, 1.54) is 25.8 Å². The van der Waals surface area contributed by atoms with Gasteiger partial charge in [0.05, 0.1) is 0 Å². The molecule has 0 bridgehead atoms. The van der Waals surface area contributed by atoms with E-state index in [-0.39, 0.29) is 5.78 Å². The Balaban J connectivity index is 1.71. The molecular formula is C13H19N3OS. The fraction of sp³-hybridized carbons (Fsp3) is 0.692. The number of hydrogen-bond acceptors (Lipinski definition) is 5. The molecule has 18 heavy (non-hydrogen) atoms. The Hall–Kier alpha value is -0.940. The van der Waals surface area contributed by atoms with E-state index in [0.29, 0.717) is 11.7 Å². The molecule has 2 saturated heterocycles. The van der Waals surface area contributed by atoms with Crippen molar-refractivity contribution in [3.63, 3.8) is 0 Å². The maximum Gasteiger partial charge on any atom is 0.186 e. The van der Waals surface area contributed by atoms with Crippen LogP contribution in [0.3, 0.4) is 0 Å². The van der Waals surface area contributed by atoms with Gasteiger partial charge in [0.25, 0.3) is 0 Å². The first-order valence-corrected chi connectivity index (χ1v) is 7.57. The molecule has 0 saturated carbocycles. The molecule has 0 radical (unpaired) electrons. The third-order valence-electron chi connectivity index (χ3n) is 3.96. The number of piperazine rings is 1. The average Bonchev–Trinajstić information content (AvgIpc) is 2.88. The number of nitrogens with zero attached hydrogens (tertiary/aromatic N) is 3. The predicted octanol–water partition coefficient (Wildman–Crippen LogP) is 2.02. The van der Waals surface area contributed by atoms with E-state index in [2.05, 4.69) is 14.8 Å². The van der Waals surface area contributed by atoms with Crippen molar-refractivity contribution < 1.29 is 4.79 Å². The fourth-order valence-electron chi connectivity index (χ4n) is 2.90. The zero-order valence-corrected chi connectivity index (χ0v) is 11.6. The number of fused-ring (bicyclic) bond motifs is 1. The molecule has 3 heterocycles. The summed E-state index contributed by atoms with van der Waals surface area (Å²) in [6.45, 7) is 6.10. The van der Waals surface area contributed by atoms with Crippen LogP contribution in [-0.2, 0) is 0 Å². The van der Waals surface area contributed by atoms with Gasteiger partial charge in [0.15, 0.2) is 10.9 Å². The molecular weight excluding hydrogens is 246 g/mol. The van der Waals surface area contributed by atoms with Gasteiger partial charge in [-0.1, -0.05) is 6.42 Å². The lowest BCUT2D eigenvalue weighted by Gasteiger charge is -2.43. The highest BCUT2D eigenvalue weighted by atomic mass is 32.1. The minimum atomic E-state index is 0.0637. The highest BCUT2D eigenvalue weighted by Crippen LogP contribution is 2.27. The molecule has 2 fully saturated rings. The number of thiazole rings is 1. The van der Waals surface area contributed by atoms with Gasteiger partial charge in [-0.25, -0.2) is 4.98 Å². The number of hydrogen-bond donors (Lipinski definition) is 0. The van der Waals surface area contributed by atoms with E-state index in [9.17, 15) is 4.79 Å². The molecule has 0 aliphatic carbocycles. The zero-order chi connectivity index (χ0) is 12.5. The van der Waals surface area contributed by atoms with Crippen LogP contribution in [0.1, 0.15) is 36.7 Å². The highest BCUT2D eigenvalue weighted by molar-refractivity contribution is 7.13. The molecule has 2 aliphatic heterocycles. The maximum atomic E-state index is 11.3. The third-order valence-corrected chi connectivity index (χ3v) is 4.86. The number of anilines is 1. The van der Waals surface area contributed by atoms with Crippen molar-refractivity contribution in [3.8, 4) is 0 Å². The number of carbonyl (C=O) groups is 1. The van der Waals surface area contributed by atoms with Gasteiger partial charge < -0.3 is 4.90 Å². The molecule has 1 unspecified atom stereocenters. The summed E-state index contributed by atoms with van der Waals surface area (Å²) >= 11 is 1.60. The molecule has 0 N–H and O–H groups in total. The topological polar surface area (TPSA) is 36.4 Å². The van der Waals surface area contributed by atoms with Crippen molar-refractivity contribution in [1.29, 1.82) is 0 Å². The van der Waals surface area contributed by atoms with Gasteiger partial charge in [0.2, 0.25) is 0 Å². The Morgan fingerprint density at radius 1 is 1.39 bits per heavy atom. The summed E-state index contributed by atoms with van der Waals surface area (Å²) in [7, 11) is 0. The summed E-state index contributed by atoms with van der Waals surface area (Å²) in [5.41, 5.74) is 0.612. The van der Waals surface area contributed by atoms with Gasteiger partial charge in [-0.3, -0.25) is 9.69 Å². The highest BCUT2D eigenvalue weighted by Gasteiger charge is 2.30. The normalized spacial score (nSPS) is 24.9. The van der Waals surface area contributed by atoms with Crippen LogP contribution in [0.15, 0.2) is 5.38 Å². The van der Waals surface area contributed by atoms with E-state index in [0.717, 1.165) is 24.8 Å². The molecule has 1 aromatic heterocycles. The smallest absolute Gasteiger partial charge is 0.186 e. The summed E-state index contributed by atoms with van der Waals surface area (Å²) in [5, 5.41) is 2.90. The maximum absolute atomic E-state index is 11.3. The van der Waals surface area contributed by atoms with Crippen molar-refractivity contribution >= 4 is 22.3 Å². The molecule has 0 amide bonds. The number of carbonyl (C=O) groups excluding carboxylic acids is 1. The SMILES string of the molecule is CC(=O)c1csc(N2CCN3CCCCC3C2)n1. The Bertz CT molecular complexity index is 445. The van der Waals surface area contributed by atoms with Crippen molar-refractivity contribution in [2.24, 2.45) is 0 Å². The second-order valence-electron chi connectivity index (χ2n) is 5.20. The lowest BCUT2D eigenvalue weighted by molar-refractivity contribution is 0.101. The third kappa shape index (κ3) is 2.29. The van der Waals surface area contributed by atoms with Crippen LogP contribution >= 0.6 is 11.3 Å². The van der Waals surface area contributed by atoms with Crippen molar-refractivity contribution in [3.05, 3.63) is 11.1 Å². The first kappa shape index (κ1) is 12.1.